The summed E-state index contributed by atoms with van der Waals surface area (Å²) in [4.78, 5) is 12.5. The molecular weight excluding hydrogens is 513 g/mol. The summed E-state index contributed by atoms with van der Waals surface area (Å²) in [6.45, 7) is 0. The van der Waals surface area contributed by atoms with Gasteiger partial charge in [0.2, 0.25) is 0 Å². The third-order valence-electron chi connectivity index (χ3n) is 6.02. The molecule has 0 spiro atoms. The minimum absolute atomic E-state index is 0.0302. The lowest BCUT2D eigenvalue weighted by molar-refractivity contribution is -0.137. The monoisotopic (exact) mass is 542 g/mol. The molecule has 0 fully saturated rings. The fourth-order valence-corrected chi connectivity index (χ4v) is 4.58. The van der Waals surface area contributed by atoms with Crippen LogP contribution in [0.25, 0.3) is 6.08 Å². The number of halogens is 4. The summed E-state index contributed by atoms with van der Waals surface area (Å²) in [5.74, 6) is -0.0302. The standard InChI is InChI=1S/C30H30BrF3O/c31-28-19-10-9-18-27(28)29(35)21-20-25-16-8-7-15-24(25)14-6-4-2-1-3-5-12-23-13-11-17-26(22-23)30(32,33)34/h7-11,13,15-22H,1-6,12,14H2. The van der Waals surface area contributed by atoms with Crippen LogP contribution in [0.4, 0.5) is 13.2 Å². The van der Waals surface area contributed by atoms with Gasteiger partial charge in [0, 0.05) is 10.0 Å². The molecule has 184 valence electrons. The normalized spacial score (nSPS) is 11.8. The van der Waals surface area contributed by atoms with Gasteiger partial charge in [0.25, 0.3) is 0 Å². The smallest absolute Gasteiger partial charge is 0.289 e. The van der Waals surface area contributed by atoms with Crippen molar-refractivity contribution in [2.75, 3.05) is 0 Å². The molecule has 0 aliphatic rings. The summed E-state index contributed by atoms with van der Waals surface area (Å²) in [6, 6.07) is 21.2. The molecule has 0 saturated carbocycles. The van der Waals surface area contributed by atoms with E-state index < -0.39 is 11.7 Å². The first kappa shape index (κ1) is 26.9. The predicted octanol–water partition coefficient (Wildman–Crippen LogP) is 9.49. The molecule has 0 bridgehead atoms. The lowest BCUT2D eigenvalue weighted by Crippen LogP contribution is -2.05. The highest BCUT2D eigenvalue weighted by atomic mass is 79.9. The number of benzene rings is 3. The van der Waals surface area contributed by atoms with Crippen LogP contribution in [0.15, 0.2) is 83.3 Å². The Kier molecular flexibility index (Phi) is 10.3. The zero-order chi connectivity index (χ0) is 25.1. The maximum atomic E-state index is 12.8. The molecule has 3 aromatic rings. The van der Waals surface area contributed by atoms with Crippen LogP contribution >= 0.6 is 15.9 Å². The van der Waals surface area contributed by atoms with Crippen molar-refractivity contribution in [2.45, 2.75) is 57.5 Å². The Labute approximate surface area is 214 Å². The van der Waals surface area contributed by atoms with Gasteiger partial charge in [0.1, 0.15) is 0 Å². The summed E-state index contributed by atoms with van der Waals surface area (Å²) in [5, 5.41) is 0. The highest BCUT2D eigenvalue weighted by Gasteiger charge is 2.30. The van der Waals surface area contributed by atoms with Crippen molar-refractivity contribution in [3.63, 3.8) is 0 Å². The van der Waals surface area contributed by atoms with Crippen molar-refractivity contribution in [3.05, 3.63) is 111 Å². The van der Waals surface area contributed by atoms with Crippen LogP contribution in [0.5, 0.6) is 0 Å². The molecule has 0 aliphatic carbocycles. The maximum absolute atomic E-state index is 12.8. The molecule has 0 saturated heterocycles. The van der Waals surface area contributed by atoms with E-state index in [0.29, 0.717) is 12.0 Å². The number of hydrogen-bond acceptors (Lipinski definition) is 1. The highest BCUT2D eigenvalue weighted by Crippen LogP contribution is 2.30. The Morgan fingerprint density at radius 3 is 2.17 bits per heavy atom. The number of rotatable bonds is 12. The SMILES string of the molecule is O=C(C=Cc1ccccc1CCCCCCCCc1cccc(C(F)(F)F)c1)c1ccccc1Br. The first-order chi connectivity index (χ1) is 16.8. The van der Waals surface area contributed by atoms with Gasteiger partial charge in [-0.3, -0.25) is 4.79 Å². The Morgan fingerprint density at radius 1 is 0.771 bits per heavy atom. The summed E-state index contributed by atoms with van der Waals surface area (Å²) in [6.07, 6.45) is 7.17. The van der Waals surface area contributed by atoms with Gasteiger partial charge in [-0.2, -0.15) is 13.2 Å². The van der Waals surface area contributed by atoms with E-state index in [-0.39, 0.29) is 5.78 Å². The van der Waals surface area contributed by atoms with Crippen LogP contribution in [-0.2, 0) is 19.0 Å². The number of alkyl halides is 3. The summed E-state index contributed by atoms with van der Waals surface area (Å²) < 4.78 is 39.2. The van der Waals surface area contributed by atoms with Gasteiger partial charge < -0.3 is 0 Å². The molecule has 3 rings (SSSR count). The van der Waals surface area contributed by atoms with E-state index in [1.807, 2.05) is 48.5 Å². The number of ketones is 1. The van der Waals surface area contributed by atoms with Gasteiger partial charge in [-0.1, -0.05) is 102 Å². The molecule has 0 atom stereocenters. The quantitative estimate of drug-likeness (QED) is 0.126. The van der Waals surface area contributed by atoms with Crippen LogP contribution in [0, 0.1) is 0 Å². The molecule has 0 radical (unpaired) electrons. The molecule has 0 N–H and O–H groups in total. The topological polar surface area (TPSA) is 17.1 Å². The molecule has 1 nitrogen and oxygen atoms in total. The largest absolute Gasteiger partial charge is 0.416 e. The molecule has 0 amide bonds. The number of hydrogen-bond donors (Lipinski definition) is 0. The van der Waals surface area contributed by atoms with Crippen LogP contribution in [0.3, 0.4) is 0 Å². The maximum Gasteiger partial charge on any atom is 0.416 e. The number of unbranched alkanes of at least 4 members (excludes halogenated alkanes) is 5. The van der Waals surface area contributed by atoms with Gasteiger partial charge >= 0.3 is 6.18 Å². The fourth-order valence-electron chi connectivity index (χ4n) is 4.10. The van der Waals surface area contributed by atoms with E-state index in [9.17, 15) is 18.0 Å². The average Bonchev–Trinajstić information content (AvgIpc) is 2.84. The molecule has 0 unspecified atom stereocenters. The van der Waals surface area contributed by atoms with E-state index >= 15 is 0 Å². The van der Waals surface area contributed by atoms with E-state index in [4.69, 9.17) is 0 Å². The van der Waals surface area contributed by atoms with E-state index in [1.54, 1.807) is 12.1 Å². The predicted molar refractivity (Wildman–Crippen MR) is 141 cm³/mol. The molecular formula is C30H30BrF3O. The minimum atomic E-state index is -4.28. The van der Waals surface area contributed by atoms with Crippen molar-refractivity contribution < 1.29 is 18.0 Å². The summed E-state index contributed by atoms with van der Waals surface area (Å²) in [7, 11) is 0. The van der Waals surface area contributed by atoms with Crippen molar-refractivity contribution in [1.82, 2.24) is 0 Å². The van der Waals surface area contributed by atoms with Crippen molar-refractivity contribution in [3.8, 4) is 0 Å². The number of allylic oxidation sites excluding steroid dienone is 1. The second-order valence-electron chi connectivity index (χ2n) is 8.70. The zero-order valence-corrected chi connectivity index (χ0v) is 21.2. The molecule has 5 heteroatoms. The van der Waals surface area contributed by atoms with Gasteiger partial charge in [0.05, 0.1) is 5.56 Å². The Morgan fingerprint density at radius 2 is 1.43 bits per heavy atom. The first-order valence-electron chi connectivity index (χ1n) is 12.1. The third kappa shape index (κ3) is 8.81. The van der Waals surface area contributed by atoms with Crippen LogP contribution in [-0.4, -0.2) is 5.78 Å². The van der Waals surface area contributed by atoms with Crippen molar-refractivity contribution >= 4 is 27.8 Å². The second kappa shape index (κ2) is 13.4. The minimum Gasteiger partial charge on any atom is -0.289 e. The van der Waals surface area contributed by atoms with Gasteiger partial charge in [-0.15, -0.1) is 0 Å². The van der Waals surface area contributed by atoms with E-state index in [0.717, 1.165) is 66.6 Å². The van der Waals surface area contributed by atoms with Crippen molar-refractivity contribution in [2.24, 2.45) is 0 Å². The Hall–Kier alpha value is -2.66. The van der Waals surface area contributed by atoms with Gasteiger partial charge in [0.15, 0.2) is 5.78 Å². The van der Waals surface area contributed by atoms with Crippen LogP contribution < -0.4 is 0 Å². The second-order valence-corrected chi connectivity index (χ2v) is 9.55. The Balaban J connectivity index is 1.38. The number of aryl methyl sites for hydroxylation is 2. The fraction of sp³-hybridized carbons (Fsp3) is 0.300. The number of carbonyl (C=O) groups excluding carboxylic acids is 1. The van der Waals surface area contributed by atoms with E-state index in [1.165, 1.54) is 17.7 Å². The molecule has 3 aromatic carbocycles. The average molecular weight is 543 g/mol. The Bertz CT molecular complexity index is 1130. The highest BCUT2D eigenvalue weighted by molar-refractivity contribution is 9.10. The van der Waals surface area contributed by atoms with Gasteiger partial charge in [-0.25, -0.2) is 0 Å². The van der Waals surface area contributed by atoms with E-state index in [2.05, 4.69) is 22.0 Å². The van der Waals surface area contributed by atoms with Crippen molar-refractivity contribution in [1.29, 1.82) is 0 Å². The molecule has 0 aromatic heterocycles. The number of carbonyl (C=O) groups is 1. The molecule has 0 heterocycles. The zero-order valence-electron chi connectivity index (χ0n) is 19.7. The lowest BCUT2D eigenvalue weighted by atomic mass is 9.99. The van der Waals surface area contributed by atoms with Crippen LogP contribution in [0.1, 0.15) is 71.1 Å². The van der Waals surface area contributed by atoms with Crippen LogP contribution in [0.2, 0.25) is 0 Å². The first-order valence-corrected chi connectivity index (χ1v) is 12.8. The van der Waals surface area contributed by atoms with Gasteiger partial charge in [-0.05, 0) is 66.6 Å². The third-order valence-corrected chi connectivity index (χ3v) is 6.72. The molecule has 35 heavy (non-hydrogen) atoms. The summed E-state index contributed by atoms with van der Waals surface area (Å²) in [5.41, 5.74) is 3.13. The lowest BCUT2D eigenvalue weighted by Gasteiger charge is -2.09. The summed E-state index contributed by atoms with van der Waals surface area (Å²) >= 11 is 3.43. The molecule has 0 aliphatic heterocycles.